The number of fused-ring (bicyclic) bond motifs is 1. The van der Waals surface area contributed by atoms with E-state index >= 15 is 0 Å². The van der Waals surface area contributed by atoms with E-state index in [1.54, 1.807) is 37.2 Å². The quantitative estimate of drug-likeness (QED) is 0.752. The smallest absolute Gasteiger partial charge is 0.252 e. The van der Waals surface area contributed by atoms with Gasteiger partial charge < -0.3 is 14.8 Å². The van der Waals surface area contributed by atoms with Gasteiger partial charge in [0.1, 0.15) is 6.33 Å². The predicted octanol–water partition coefficient (Wildman–Crippen LogP) is 1.64. The first-order valence-corrected chi connectivity index (χ1v) is 8.92. The van der Waals surface area contributed by atoms with Crippen molar-refractivity contribution in [1.29, 1.82) is 0 Å². The predicted molar refractivity (Wildman–Crippen MR) is 98.0 cm³/mol. The number of nitrogens with one attached hydrogen (secondary N) is 1. The van der Waals surface area contributed by atoms with Crippen molar-refractivity contribution in [2.45, 2.75) is 25.8 Å². The summed E-state index contributed by atoms with van der Waals surface area (Å²) in [5.74, 6) is 0.777. The van der Waals surface area contributed by atoms with Crippen LogP contribution in [-0.4, -0.2) is 50.0 Å². The van der Waals surface area contributed by atoms with Crippen molar-refractivity contribution in [3.63, 3.8) is 0 Å². The molecule has 0 atom stereocenters. The first-order chi connectivity index (χ1) is 12.8. The highest BCUT2D eigenvalue weighted by atomic mass is 16.1. The maximum atomic E-state index is 12.1. The van der Waals surface area contributed by atoms with Gasteiger partial charge in [0.2, 0.25) is 0 Å². The first kappa shape index (κ1) is 16.4. The minimum absolute atomic E-state index is 0.133. The van der Waals surface area contributed by atoms with Crippen LogP contribution in [0.3, 0.4) is 0 Å². The van der Waals surface area contributed by atoms with Gasteiger partial charge in [-0.15, -0.1) is 0 Å². The molecule has 0 radical (unpaired) electrons. The Morgan fingerprint density at radius 2 is 2.04 bits per heavy atom. The van der Waals surface area contributed by atoms with Crippen LogP contribution in [-0.2, 0) is 6.54 Å². The molecule has 26 heavy (non-hydrogen) atoms. The van der Waals surface area contributed by atoms with Gasteiger partial charge in [-0.25, -0.2) is 15.0 Å². The van der Waals surface area contributed by atoms with Crippen molar-refractivity contribution in [2.24, 2.45) is 0 Å². The van der Waals surface area contributed by atoms with E-state index in [0.717, 1.165) is 30.1 Å². The summed E-state index contributed by atoms with van der Waals surface area (Å²) in [6.45, 7) is 3.11. The summed E-state index contributed by atoms with van der Waals surface area (Å²) >= 11 is 0. The number of rotatable bonds is 5. The molecule has 4 heterocycles. The number of aromatic nitrogens is 5. The van der Waals surface area contributed by atoms with Gasteiger partial charge in [0, 0.05) is 38.6 Å². The Bertz CT molecular complexity index is 887. The average Bonchev–Trinajstić information content (AvgIpc) is 3.12. The molecule has 3 aromatic rings. The normalized spacial score (nSPS) is 14.5. The van der Waals surface area contributed by atoms with Crippen molar-refractivity contribution in [1.82, 2.24) is 29.8 Å². The zero-order valence-corrected chi connectivity index (χ0v) is 14.5. The number of hydrogen-bond donors (Lipinski definition) is 1. The van der Waals surface area contributed by atoms with Gasteiger partial charge in [0.15, 0.2) is 17.0 Å². The molecule has 3 aromatic heterocycles. The maximum Gasteiger partial charge on any atom is 0.252 e. The third-order valence-corrected chi connectivity index (χ3v) is 4.60. The monoisotopic (exact) mass is 351 g/mol. The van der Waals surface area contributed by atoms with Crippen molar-refractivity contribution < 1.29 is 4.79 Å². The van der Waals surface area contributed by atoms with Gasteiger partial charge in [-0.2, -0.15) is 0 Å². The Morgan fingerprint density at radius 1 is 1.15 bits per heavy atom. The van der Waals surface area contributed by atoms with Crippen LogP contribution in [0.2, 0.25) is 0 Å². The minimum atomic E-state index is -0.133. The van der Waals surface area contributed by atoms with E-state index in [1.807, 2.05) is 4.57 Å². The maximum absolute atomic E-state index is 12.1. The summed E-state index contributed by atoms with van der Waals surface area (Å²) in [5.41, 5.74) is 2.18. The van der Waals surface area contributed by atoms with Gasteiger partial charge >= 0.3 is 0 Å². The molecule has 0 bridgehead atoms. The highest BCUT2D eigenvalue weighted by molar-refractivity contribution is 5.93. The second-order valence-corrected chi connectivity index (χ2v) is 6.35. The number of carbonyl (C=O) groups is 1. The molecule has 0 saturated carbocycles. The largest absolute Gasteiger partial charge is 0.355 e. The lowest BCUT2D eigenvalue weighted by molar-refractivity contribution is 0.0952. The Morgan fingerprint density at radius 3 is 2.85 bits per heavy atom. The summed E-state index contributed by atoms with van der Waals surface area (Å²) in [5, 5.41) is 2.90. The van der Waals surface area contributed by atoms with E-state index in [1.165, 1.54) is 19.3 Å². The number of hydrogen-bond acceptors (Lipinski definition) is 6. The molecule has 1 aliphatic heterocycles. The number of piperidine rings is 1. The first-order valence-electron chi connectivity index (χ1n) is 8.92. The van der Waals surface area contributed by atoms with Crippen LogP contribution >= 0.6 is 0 Å². The van der Waals surface area contributed by atoms with E-state index in [4.69, 9.17) is 0 Å². The lowest BCUT2D eigenvalue weighted by Gasteiger charge is -2.27. The Hall–Kier alpha value is -3.03. The highest BCUT2D eigenvalue weighted by Gasteiger charge is 2.18. The van der Waals surface area contributed by atoms with E-state index in [9.17, 15) is 4.79 Å². The molecule has 4 rings (SSSR count). The summed E-state index contributed by atoms with van der Waals surface area (Å²) in [7, 11) is 0. The van der Waals surface area contributed by atoms with Crippen LogP contribution < -0.4 is 10.2 Å². The molecule has 8 heteroatoms. The van der Waals surface area contributed by atoms with Crippen molar-refractivity contribution in [3.05, 3.63) is 42.7 Å². The Labute approximate surface area is 151 Å². The number of imidazole rings is 1. The second-order valence-electron chi connectivity index (χ2n) is 6.35. The Balaban J connectivity index is 1.45. The number of carbonyl (C=O) groups excluding carboxylic acids is 1. The molecule has 0 aromatic carbocycles. The topological polar surface area (TPSA) is 88.8 Å². The minimum Gasteiger partial charge on any atom is -0.355 e. The van der Waals surface area contributed by atoms with Crippen LogP contribution in [0, 0.1) is 0 Å². The van der Waals surface area contributed by atoms with E-state index in [2.05, 4.69) is 30.2 Å². The SMILES string of the molecule is O=C(NCCn1cnc2c(N3CCCCC3)ncnc21)c1cccnc1. The molecule has 134 valence electrons. The molecule has 8 nitrogen and oxygen atoms in total. The van der Waals surface area contributed by atoms with Crippen LogP contribution in [0.15, 0.2) is 37.2 Å². The van der Waals surface area contributed by atoms with E-state index in [0.29, 0.717) is 18.7 Å². The Kier molecular flexibility index (Phi) is 4.72. The van der Waals surface area contributed by atoms with Gasteiger partial charge in [-0.1, -0.05) is 0 Å². The lowest BCUT2D eigenvalue weighted by Crippen LogP contribution is -2.30. The summed E-state index contributed by atoms with van der Waals surface area (Å²) in [6.07, 6.45) is 10.2. The second kappa shape index (κ2) is 7.47. The molecule has 0 aliphatic carbocycles. The fourth-order valence-corrected chi connectivity index (χ4v) is 3.26. The van der Waals surface area contributed by atoms with Crippen molar-refractivity contribution >= 4 is 22.9 Å². The third-order valence-electron chi connectivity index (χ3n) is 4.60. The number of nitrogens with zero attached hydrogens (tertiary/aromatic N) is 6. The number of amides is 1. The average molecular weight is 351 g/mol. The van der Waals surface area contributed by atoms with Crippen LogP contribution in [0.1, 0.15) is 29.6 Å². The standard InChI is InChI=1S/C18H21N7O/c26-18(14-5-4-6-19-11-14)20-7-10-25-13-23-15-16(21-12-22-17(15)25)24-8-2-1-3-9-24/h4-6,11-13H,1-3,7-10H2,(H,20,26). The lowest BCUT2D eigenvalue weighted by atomic mass is 10.1. The molecule has 1 amide bonds. The molecule has 1 N–H and O–H groups in total. The zero-order chi connectivity index (χ0) is 17.8. The zero-order valence-electron chi connectivity index (χ0n) is 14.5. The molecular formula is C18H21N7O. The van der Waals surface area contributed by atoms with Gasteiger partial charge in [0.25, 0.3) is 5.91 Å². The summed E-state index contributed by atoms with van der Waals surface area (Å²) < 4.78 is 1.95. The van der Waals surface area contributed by atoms with Gasteiger partial charge in [-0.3, -0.25) is 9.78 Å². The number of anilines is 1. The fraction of sp³-hybridized carbons (Fsp3) is 0.389. The van der Waals surface area contributed by atoms with Crippen LogP contribution in [0.25, 0.3) is 11.2 Å². The molecule has 1 aliphatic rings. The number of pyridine rings is 1. The molecule has 0 unspecified atom stereocenters. The highest BCUT2D eigenvalue weighted by Crippen LogP contribution is 2.24. The molecule has 1 saturated heterocycles. The summed E-state index contributed by atoms with van der Waals surface area (Å²) in [6, 6.07) is 3.49. The van der Waals surface area contributed by atoms with Crippen molar-refractivity contribution in [3.8, 4) is 0 Å². The van der Waals surface area contributed by atoms with Crippen molar-refractivity contribution in [2.75, 3.05) is 24.5 Å². The molecule has 0 spiro atoms. The van der Waals surface area contributed by atoms with Crippen LogP contribution in [0.4, 0.5) is 5.82 Å². The van der Waals surface area contributed by atoms with Gasteiger partial charge in [-0.05, 0) is 31.4 Å². The fourth-order valence-electron chi connectivity index (χ4n) is 3.26. The summed E-state index contributed by atoms with van der Waals surface area (Å²) in [4.78, 5) is 31.7. The van der Waals surface area contributed by atoms with Crippen LogP contribution in [0.5, 0.6) is 0 Å². The third kappa shape index (κ3) is 3.35. The molecular weight excluding hydrogens is 330 g/mol. The molecule has 1 fully saturated rings. The van der Waals surface area contributed by atoms with E-state index < -0.39 is 0 Å². The van der Waals surface area contributed by atoms with E-state index in [-0.39, 0.29) is 5.91 Å². The van der Waals surface area contributed by atoms with Gasteiger partial charge in [0.05, 0.1) is 11.9 Å².